The van der Waals surface area contributed by atoms with Gasteiger partial charge in [-0.3, -0.25) is 0 Å². The lowest BCUT2D eigenvalue weighted by Gasteiger charge is -2.29. The van der Waals surface area contributed by atoms with E-state index in [9.17, 15) is 4.39 Å². The van der Waals surface area contributed by atoms with Gasteiger partial charge in [-0.05, 0) is 39.0 Å². The van der Waals surface area contributed by atoms with E-state index in [-0.39, 0.29) is 5.82 Å². The lowest BCUT2D eigenvalue weighted by Crippen LogP contribution is -2.36. The number of hydrogen-bond acceptors (Lipinski definition) is 6. The van der Waals surface area contributed by atoms with Gasteiger partial charge in [0, 0.05) is 30.0 Å². The number of aryl methyl sites for hydroxylation is 2. The average Bonchev–Trinajstić information content (AvgIpc) is 2.59. The quantitative estimate of drug-likeness (QED) is 0.683. The zero-order valence-electron chi connectivity index (χ0n) is 14.7. The van der Waals surface area contributed by atoms with Gasteiger partial charge in [-0.2, -0.15) is 5.10 Å². The zero-order chi connectivity index (χ0) is 17.8. The zero-order valence-corrected chi connectivity index (χ0v) is 14.7. The number of aromatic nitrogens is 2. The highest BCUT2D eigenvalue weighted by atomic mass is 19.1. The summed E-state index contributed by atoms with van der Waals surface area (Å²) in [5, 5.41) is 4.27. The van der Waals surface area contributed by atoms with E-state index < -0.39 is 0 Å². The first-order chi connectivity index (χ1) is 12.0. The number of benzene rings is 1. The van der Waals surface area contributed by atoms with Crippen molar-refractivity contribution in [3.8, 4) is 0 Å². The number of ether oxygens (including phenoxy) is 1. The van der Waals surface area contributed by atoms with Crippen molar-refractivity contribution in [3.05, 3.63) is 47.0 Å². The summed E-state index contributed by atoms with van der Waals surface area (Å²) in [5.74, 6) is 0.179. The molecule has 2 heterocycles. The van der Waals surface area contributed by atoms with Gasteiger partial charge in [-0.25, -0.2) is 19.8 Å². The van der Waals surface area contributed by atoms with Crippen molar-refractivity contribution in [1.82, 2.24) is 9.97 Å². The molecular weight excluding hydrogens is 321 g/mol. The van der Waals surface area contributed by atoms with Crippen molar-refractivity contribution >= 4 is 17.3 Å². The Kier molecular flexibility index (Phi) is 5.23. The van der Waals surface area contributed by atoms with E-state index in [1.807, 2.05) is 37.8 Å². The Balaban J connectivity index is 1.75. The lowest BCUT2D eigenvalue weighted by molar-refractivity contribution is 0.122. The van der Waals surface area contributed by atoms with Crippen molar-refractivity contribution in [1.29, 1.82) is 0 Å². The van der Waals surface area contributed by atoms with E-state index in [0.29, 0.717) is 49.2 Å². The molecule has 0 amide bonds. The molecule has 0 unspecified atom stereocenters. The number of hydrazone groups is 1. The smallest absolute Gasteiger partial charge is 0.243 e. The molecule has 1 aliphatic rings. The summed E-state index contributed by atoms with van der Waals surface area (Å²) in [6.07, 6.45) is 0. The first-order valence-corrected chi connectivity index (χ1v) is 8.28. The number of hydrogen-bond donors (Lipinski definition) is 1. The number of nitrogens with zero attached hydrogens (tertiary/aromatic N) is 4. The number of halogens is 1. The number of morpholine rings is 1. The maximum Gasteiger partial charge on any atom is 0.243 e. The average molecular weight is 343 g/mol. The van der Waals surface area contributed by atoms with Crippen molar-refractivity contribution in [3.63, 3.8) is 0 Å². The topological polar surface area (TPSA) is 62.6 Å². The maximum absolute atomic E-state index is 14.5. The summed E-state index contributed by atoms with van der Waals surface area (Å²) >= 11 is 0. The highest BCUT2D eigenvalue weighted by molar-refractivity contribution is 5.99. The van der Waals surface area contributed by atoms with E-state index in [0.717, 1.165) is 11.4 Å². The molecule has 0 saturated carbocycles. The molecule has 132 valence electrons. The van der Waals surface area contributed by atoms with Crippen LogP contribution >= 0.6 is 0 Å². The van der Waals surface area contributed by atoms with Gasteiger partial charge in [-0.15, -0.1) is 0 Å². The molecule has 6 nitrogen and oxygen atoms in total. The van der Waals surface area contributed by atoms with Gasteiger partial charge in [0.2, 0.25) is 5.95 Å². The van der Waals surface area contributed by atoms with Crippen LogP contribution in [-0.4, -0.2) is 42.0 Å². The number of nitrogens with one attached hydrogen (secondary N) is 1. The largest absolute Gasteiger partial charge is 0.378 e. The maximum atomic E-state index is 14.5. The van der Waals surface area contributed by atoms with Crippen molar-refractivity contribution < 1.29 is 9.13 Å². The minimum atomic E-state index is -0.253. The van der Waals surface area contributed by atoms with Crippen LogP contribution in [-0.2, 0) is 4.74 Å². The van der Waals surface area contributed by atoms with Crippen LogP contribution in [0.2, 0.25) is 0 Å². The van der Waals surface area contributed by atoms with Crippen LogP contribution in [0, 0.1) is 19.7 Å². The van der Waals surface area contributed by atoms with Crippen LogP contribution in [0.5, 0.6) is 0 Å². The van der Waals surface area contributed by atoms with Crippen molar-refractivity contribution in [2.45, 2.75) is 20.8 Å². The van der Waals surface area contributed by atoms with Crippen LogP contribution in [0.15, 0.2) is 29.4 Å². The van der Waals surface area contributed by atoms with Crippen molar-refractivity contribution in [2.24, 2.45) is 5.10 Å². The van der Waals surface area contributed by atoms with Crippen LogP contribution < -0.4 is 10.3 Å². The van der Waals surface area contributed by atoms with Crippen LogP contribution in [0.1, 0.15) is 23.9 Å². The fourth-order valence-corrected chi connectivity index (χ4v) is 2.77. The Hall–Kier alpha value is -2.54. The third-order valence-corrected chi connectivity index (χ3v) is 4.02. The lowest BCUT2D eigenvalue weighted by atomic mass is 10.1. The van der Waals surface area contributed by atoms with Gasteiger partial charge in [0.15, 0.2) is 0 Å². The number of anilines is 2. The molecule has 1 saturated heterocycles. The van der Waals surface area contributed by atoms with Gasteiger partial charge < -0.3 is 9.64 Å². The molecule has 1 aromatic heterocycles. The summed E-state index contributed by atoms with van der Waals surface area (Å²) in [6.45, 7) is 8.28. The highest BCUT2D eigenvalue weighted by Gasteiger charge is 2.15. The molecule has 0 atom stereocenters. The molecule has 0 aliphatic carbocycles. The van der Waals surface area contributed by atoms with Gasteiger partial charge in [0.25, 0.3) is 0 Å². The van der Waals surface area contributed by atoms with Crippen LogP contribution in [0.25, 0.3) is 0 Å². The van der Waals surface area contributed by atoms with E-state index in [1.165, 1.54) is 6.07 Å². The third-order valence-electron chi connectivity index (χ3n) is 4.02. The monoisotopic (exact) mass is 343 g/mol. The van der Waals surface area contributed by atoms with E-state index >= 15 is 0 Å². The SMILES string of the molecule is C/C(=N/Nc1nc(C)cc(C)n1)c1ccc(N2CCOCC2)c(F)c1. The van der Waals surface area contributed by atoms with E-state index in [4.69, 9.17) is 4.74 Å². The Labute approximate surface area is 146 Å². The predicted molar refractivity (Wildman–Crippen MR) is 96.8 cm³/mol. The van der Waals surface area contributed by atoms with Gasteiger partial charge in [0.05, 0.1) is 24.6 Å². The normalized spacial score (nSPS) is 15.4. The molecule has 2 aromatic rings. The van der Waals surface area contributed by atoms with Crippen molar-refractivity contribution in [2.75, 3.05) is 36.6 Å². The molecule has 7 heteroatoms. The van der Waals surface area contributed by atoms with Gasteiger partial charge in [0.1, 0.15) is 5.82 Å². The molecule has 0 radical (unpaired) electrons. The fraction of sp³-hybridized carbons (Fsp3) is 0.389. The van der Waals surface area contributed by atoms with Gasteiger partial charge in [-0.1, -0.05) is 6.07 Å². The molecular formula is C18H22FN5O. The Morgan fingerprint density at radius 1 is 1.16 bits per heavy atom. The molecule has 0 bridgehead atoms. The highest BCUT2D eigenvalue weighted by Crippen LogP contribution is 2.22. The Morgan fingerprint density at radius 3 is 2.48 bits per heavy atom. The first-order valence-electron chi connectivity index (χ1n) is 8.28. The summed E-state index contributed by atoms with van der Waals surface area (Å²) in [5.41, 5.74) is 6.55. The summed E-state index contributed by atoms with van der Waals surface area (Å²) in [7, 11) is 0. The first kappa shape index (κ1) is 17.3. The van der Waals surface area contributed by atoms with Crippen LogP contribution in [0.4, 0.5) is 16.0 Å². The second-order valence-electron chi connectivity index (χ2n) is 6.05. The predicted octanol–water partition coefficient (Wildman–Crippen LogP) is 2.91. The molecule has 1 aromatic carbocycles. The fourth-order valence-electron chi connectivity index (χ4n) is 2.77. The van der Waals surface area contributed by atoms with Crippen LogP contribution in [0.3, 0.4) is 0 Å². The standard InChI is InChI=1S/C18H22FN5O/c1-12-10-13(2)21-18(20-12)23-22-14(3)15-4-5-17(16(19)11-15)24-6-8-25-9-7-24/h4-5,10-11H,6-9H2,1-3H3,(H,20,21,23)/b22-14-. The van der Waals surface area contributed by atoms with E-state index in [1.54, 1.807) is 6.07 Å². The summed E-state index contributed by atoms with van der Waals surface area (Å²) in [6, 6.07) is 7.06. The molecule has 25 heavy (non-hydrogen) atoms. The molecule has 1 N–H and O–H groups in total. The summed E-state index contributed by atoms with van der Waals surface area (Å²) in [4.78, 5) is 10.5. The third kappa shape index (κ3) is 4.30. The van der Waals surface area contributed by atoms with E-state index in [2.05, 4.69) is 20.5 Å². The molecule has 1 aliphatic heterocycles. The Bertz CT molecular complexity index is 767. The molecule has 0 spiro atoms. The minimum absolute atomic E-state index is 0.253. The number of rotatable bonds is 4. The van der Waals surface area contributed by atoms with Gasteiger partial charge >= 0.3 is 0 Å². The second-order valence-corrected chi connectivity index (χ2v) is 6.05. The molecule has 1 fully saturated rings. The second kappa shape index (κ2) is 7.57. The Morgan fingerprint density at radius 2 is 1.84 bits per heavy atom. The minimum Gasteiger partial charge on any atom is -0.378 e. The summed E-state index contributed by atoms with van der Waals surface area (Å²) < 4.78 is 19.8. The molecule has 3 rings (SSSR count).